The highest BCUT2D eigenvalue weighted by Crippen LogP contribution is 2.18. The van der Waals surface area contributed by atoms with Crippen molar-refractivity contribution in [3.63, 3.8) is 0 Å². The fraction of sp³-hybridized carbons (Fsp3) is 0.455. The third kappa shape index (κ3) is 2.68. The second kappa shape index (κ2) is 5.44. The number of hydrogen-bond donors (Lipinski definition) is 1. The molecule has 0 aliphatic heterocycles. The fourth-order valence-corrected chi connectivity index (χ4v) is 1.37. The lowest BCUT2D eigenvalue weighted by atomic mass is 10.2. The summed E-state index contributed by atoms with van der Waals surface area (Å²) in [6.07, 6.45) is 3.21. The Hall–Kier alpha value is -1.65. The number of carboxylic acid groups (broad SMARTS) is 1. The Labute approximate surface area is 93.7 Å². The van der Waals surface area contributed by atoms with Crippen LogP contribution in [0.3, 0.4) is 0 Å². The SMILES string of the molecule is CCCCN(C)c1nccc(C(=O)O)c1F. The van der Waals surface area contributed by atoms with Gasteiger partial charge in [-0.25, -0.2) is 14.2 Å². The Morgan fingerprint density at radius 2 is 2.31 bits per heavy atom. The van der Waals surface area contributed by atoms with Crippen LogP contribution in [0.1, 0.15) is 30.1 Å². The average molecular weight is 226 g/mol. The predicted octanol–water partition coefficient (Wildman–Crippen LogP) is 2.16. The van der Waals surface area contributed by atoms with Crippen LogP contribution in [0.15, 0.2) is 12.3 Å². The first-order valence-electron chi connectivity index (χ1n) is 5.16. The lowest BCUT2D eigenvalue weighted by molar-refractivity contribution is 0.0692. The van der Waals surface area contributed by atoms with E-state index >= 15 is 0 Å². The Bertz CT molecular complexity index is 382. The summed E-state index contributed by atoms with van der Waals surface area (Å²) >= 11 is 0. The standard InChI is InChI=1S/C11H15FN2O2/c1-3-4-7-14(2)10-9(12)8(11(15)16)5-6-13-10/h5-6H,3-4,7H2,1-2H3,(H,15,16). The monoisotopic (exact) mass is 226 g/mol. The molecule has 0 saturated carbocycles. The van der Waals surface area contributed by atoms with E-state index in [0.717, 1.165) is 18.9 Å². The van der Waals surface area contributed by atoms with Gasteiger partial charge in [0.15, 0.2) is 11.6 Å². The topological polar surface area (TPSA) is 53.4 Å². The molecule has 1 heterocycles. The molecule has 0 aliphatic rings. The van der Waals surface area contributed by atoms with Crippen molar-refractivity contribution >= 4 is 11.8 Å². The second-order valence-electron chi connectivity index (χ2n) is 3.58. The molecule has 88 valence electrons. The van der Waals surface area contributed by atoms with Gasteiger partial charge in [-0.3, -0.25) is 0 Å². The van der Waals surface area contributed by atoms with E-state index in [1.165, 1.54) is 6.20 Å². The maximum Gasteiger partial charge on any atom is 0.338 e. The third-order valence-corrected chi connectivity index (χ3v) is 2.31. The van der Waals surface area contributed by atoms with E-state index in [9.17, 15) is 9.18 Å². The first-order chi connectivity index (χ1) is 7.57. The summed E-state index contributed by atoms with van der Waals surface area (Å²) in [4.78, 5) is 16.2. The molecule has 0 atom stereocenters. The first kappa shape index (κ1) is 12.4. The fourth-order valence-electron chi connectivity index (χ4n) is 1.37. The van der Waals surface area contributed by atoms with Crippen LogP contribution >= 0.6 is 0 Å². The van der Waals surface area contributed by atoms with E-state index in [-0.39, 0.29) is 11.4 Å². The molecule has 1 N–H and O–H groups in total. The zero-order valence-corrected chi connectivity index (χ0v) is 9.40. The van der Waals surface area contributed by atoms with Crippen LogP contribution in [0.4, 0.5) is 10.2 Å². The molecule has 1 rings (SSSR count). The number of halogens is 1. The molecule has 0 unspecified atom stereocenters. The number of pyridine rings is 1. The van der Waals surface area contributed by atoms with Gasteiger partial charge in [-0.1, -0.05) is 13.3 Å². The minimum Gasteiger partial charge on any atom is -0.478 e. The van der Waals surface area contributed by atoms with E-state index < -0.39 is 11.8 Å². The van der Waals surface area contributed by atoms with Crippen molar-refractivity contribution in [2.24, 2.45) is 0 Å². The number of aromatic carboxylic acids is 1. The largest absolute Gasteiger partial charge is 0.478 e. The van der Waals surface area contributed by atoms with E-state index in [0.29, 0.717) is 6.54 Å². The lowest BCUT2D eigenvalue weighted by Crippen LogP contribution is -2.22. The van der Waals surface area contributed by atoms with Crippen molar-refractivity contribution < 1.29 is 14.3 Å². The molecule has 4 nitrogen and oxygen atoms in total. The molecule has 16 heavy (non-hydrogen) atoms. The van der Waals surface area contributed by atoms with Gasteiger partial charge in [-0.2, -0.15) is 0 Å². The summed E-state index contributed by atoms with van der Waals surface area (Å²) in [5.74, 6) is -1.95. The Kier molecular flexibility index (Phi) is 4.22. The third-order valence-electron chi connectivity index (χ3n) is 2.31. The van der Waals surface area contributed by atoms with E-state index in [1.54, 1.807) is 11.9 Å². The van der Waals surface area contributed by atoms with Gasteiger partial charge in [0.2, 0.25) is 0 Å². The molecule has 0 aromatic carbocycles. The van der Waals surface area contributed by atoms with Gasteiger partial charge < -0.3 is 10.0 Å². The smallest absolute Gasteiger partial charge is 0.338 e. The molecule has 5 heteroatoms. The van der Waals surface area contributed by atoms with E-state index in [1.807, 2.05) is 6.92 Å². The second-order valence-corrected chi connectivity index (χ2v) is 3.58. The maximum absolute atomic E-state index is 13.7. The maximum atomic E-state index is 13.7. The first-order valence-corrected chi connectivity index (χ1v) is 5.16. The van der Waals surface area contributed by atoms with Crippen LogP contribution in [-0.4, -0.2) is 29.7 Å². The molecule has 0 bridgehead atoms. The lowest BCUT2D eigenvalue weighted by Gasteiger charge is -2.18. The van der Waals surface area contributed by atoms with Crippen LogP contribution < -0.4 is 4.90 Å². The summed E-state index contributed by atoms with van der Waals surface area (Å²) in [7, 11) is 1.70. The van der Waals surface area contributed by atoms with Gasteiger partial charge in [-0.05, 0) is 12.5 Å². The predicted molar refractivity (Wildman–Crippen MR) is 59.3 cm³/mol. The highest BCUT2D eigenvalue weighted by Gasteiger charge is 2.17. The van der Waals surface area contributed by atoms with Crippen LogP contribution in [0.5, 0.6) is 0 Å². The van der Waals surface area contributed by atoms with Crippen LogP contribution in [0.2, 0.25) is 0 Å². The Balaban J connectivity index is 2.96. The van der Waals surface area contributed by atoms with E-state index in [4.69, 9.17) is 5.11 Å². The van der Waals surface area contributed by atoms with E-state index in [2.05, 4.69) is 4.98 Å². The highest BCUT2D eigenvalue weighted by molar-refractivity contribution is 5.88. The molecular weight excluding hydrogens is 211 g/mol. The molecule has 0 fully saturated rings. The number of aromatic nitrogens is 1. The molecule has 0 spiro atoms. The summed E-state index contributed by atoms with van der Waals surface area (Å²) in [5.41, 5.74) is -0.339. The van der Waals surface area contributed by atoms with Gasteiger partial charge in [0, 0.05) is 19.8 Å². The van der Waals surface area contributed by atoms with Gasteiger partial charge in [0.1, 0.15) is 5.56 Å². The van der Waals surface area contributed by atoms with Crippen LogP contribution in [0, 0.1) is 5.82 Å². The van der Waals surface area contributed by atoms with Gasteiger partial charge in [0.25, 0.3) is 0 Å². The zero-order chi connectivity index (χ0) is 12.1. The summed E-state index contributed by atoms with van der Waals surface area (Å²) < 4.78 is 13.7. The molecule has 1 aromatic heterocycles. The number of unbranched alkanes of at least 4 members (excludes halogenated alkanes) is 1. The number of carboxylic acids is 1. The zero-order valence-electron chi connectivity index (χ0n) is 9.40. The number of rotatable bonds is 5. The van der Waals surface area contributed by atoms with Crippen molar-refractivity contribution in [1.29, 1.82) is 0 Å². The van der Waals surface area contributed by atoms with Crippen molar-refractivity contribution in [1.82, 2.24) is 4.98 Å². The number of nitrogens with zero attached hydrogens (tertiary/aromatic N) is 2. The minimum atomic E-state index is -1.27. The van der Waals surface area contributed by atoms with Gasteiger partial charge in [-0.15, -0.1) is 0 Å². The molecule has 0 saturated heterocycles. The Morgan fingerprint density at radius 3 is 2.88 bits per heavy atom. The molecular formula is C11H15FN2O2. The molecule has 0 aliphatic carbocycles. The number of carbonyl (C=O) groups is 1. The molecule has 0 radical (unpaired) electrons. The number of hydrogen-bond acceptors (Lipinski definition) is 3. The van der Waals surface area contributed by atoms with Crippen molar-refractivity contribution in [2.75, 3.05) is 18.5 Å². The van der Waals surface area contributed by atoms with Gasteiger partial charge >= 0.3 is 5.97 Å². The minimum absolute atomic E-state index is 0.0911. The normalized spacial score (nSPS) is 10.2. The summed E-state index contributed by atoms with van der Waals surface area (Å²) in [5, 5.41) is 8.76. The Morgan fingerprint density at radius 1 is 1.62 bits per heavy atom. The highest BCUT2D eigenvalue weighted by atomic mass is 19.1. The molecule has 1 aromatic rings. The van der Waals surface area contributed by atoms with Crippen molar-refractivity contribution in [3.8, 4) is 0 Å². The summed E-state index contributed by atoms with van der Waals surface area (Å²) in [6.45, 7) is 2.69. The van der Waals surface area contributed by atoms with Crippen molar-refractivity contribution in [3.05, 3.63) is 23.6 Å². The summed E-state index contributed by atoms with van der Waals surface area (Å²) in [6, 6.07) is 1.16. The van der Waals surface area contributed by atoms with Gasteiger partial charge in [0.05, 0.1) is 0 Å². The molecule has 0 amide bonds. The average Bonchev–Trinajstić information content (AvgIpc) is 2.25. The number of anilines is 1. The van der Waals surface area contributed by atoms with Crippen LogP contribution in [0.25, 0.3) is 0 Å². The van der Waals surface area contributed by atoms with Crippen LogP contribution in [-0.2, 0) is 0 Å². The quantitative estimate of drug-likeness (QED) is 0.835. The van der Waals surface area contributed by atoms with Crippen molar-refractivity contribution in [2.45, 2.75) is 19.8 Å².